The molecule has 0 aliphatic carbocycles. The molecule has 1 amide bonds. The Morgan fingerprint density at radius 2 is 1.83 bits per heavy atom. The number of piperazine rings is 1. The first-order valence-electron chi connectivity index (χ1n) is 14.6. The van der Waals surface area contributed by atoms with Gasteiger partial charge >= 0.3 is 0 Å². The summed E-state index contributed by atoms with van der Waals surface area (Å²) in [5.74, 6) is 1.73. The molecule has 42 heavy (non-hydrogen) atoms. The fourth-order valence-corrected chi connectivity index (χ4v) is 8.94. The minimum Gasteiger partial charge on any atom is -0.431 e. The van der Waals surface area contributed by atoms with E-state index < -0.39 is 9.04 Å². The van der Waals surface area contributed by atoms with Crippen LogP contribution in [0.25, 0.3) is 11.1 Å². The van der Waals surface area contributed by atoms with Crippen molar-refractivity contribution in [1.82, 2.24) is 19.8 Å². The van der Waals surface area contributed by atoms with Crippen molar-refractivity contribution in [3.8, 4) is 0 Å². The normalized spacial score (nSPS) is 15.9. The highest BCUT2D eigenvalue weighted by Crippen LogP contribution is 2.37. The van der Waals surface area contributed by atoms with Crippen LogP contribution in [0, 0.1) is 12.3 Å². The van der Waals surface area contributed by atoms with Gasteiger partial charge in [0.05, 0.1) is 18.3 Å². The van der Waals surface area contributed by atoms with Gasteiger partial charge in [-0.05, 0) is 49.9 Å². The standard InChI is InChI=1S/C30H45N5O3S3Si/c1-21-18-24(39-5)27(28(31-21)41-20-25(30(2,3)4)38-42(6)7)33-26(36)19-35-14-12-34(13-15-35)16-17-40-29-32-22-10-8-9-11-23(22)37-29/h8-11,18,25,42H,12-17,19-20H2,1-7H3,(H,33,36). The molecule has 230 valence electrons. The van der Waals surface area contributed by atoms with Crippen LogP contribution in [0.4, 0.5) is 5.69 Å². The van der Waals surface area contributed by atoms with Crippen molar-refractivity contribution in [2.45, 2.75) is 62.0 Å². The first kappa shape index (κ1) is 33.4. The lowest BCUT2D eigenvalue weighted by Gasteiger charge is -2.34. The zero-order valence-corrected chi connectivity index (χ0v) is 29.5. The number of carbonyl (C=O) groups excluding carboxylic acids is 1. The molecule has 3 aromatic rings. The van der Waals surface area contributed by atoms with Crippen LogP contribution in [-0.2, 0) is 9.22 Å². The molecule has 0 radical (unpaired) electrons. The van der Waals surface area contributed by atoms with Crippen molar-refractivity contribution >= 4 is 67.0 Å². The van der Waals surface area contributed by atoms with E-state index in [0.29, 0.717) is 6.54 Å². The second kappa shape index (κ2) is 15.5. The summed E-state index contributed by atoms with van der Waals surface area (Å²) >= 11 is 4.99. The van der Waals surface area contributed by atoms with Gasteiger partial charge in [-0.3, -0.25) is 14.6 Å². The molecule has 1 saturated heterocycles. The van der Waals surface area contributed by atoms with E-state index in [4.69, 9.17) is 13.8 Å². The van der Waals surface area contributed by atoms with Gasteiger partial charge in [-0.25, -0.2) is 9.97 Å². The van der Waals surface area contributed by atoms with Crippen LogP contribution in [0.15, 0.2) is 49.9 Å². The number of carbonyl (C=O) groups is 1. The molecule has 1 fully saturated rings. The summed E-state index contributed by atoms with van der Waals surface area (Å²) in [6, 6.07) is 9.92. The number of nitrogens with zero attached hydrogens (tertiary/aromatic N) is 4. The number of anilines is 1. The second-order valence-electron chi connectivity index (χ2n) is 12.0. The zero-order chi connectivity index (χ0) is 30.3. The largest absolute Gasteiger partial charge is 0.431 e. The third kappa shape index (κ3) is 9.73. The van der Waals surface area contributed by atoms with Gasteiger partial charge in [0.1, 0.15) is 10.5 Å². The molecular formula is C30H45N5O3S3Si. The van der Waals surface area contributed by atoms with Crippen molar-refractivity contribution in [3.63, 3.8) is 0 Å². The van der Waals surface area contributed by atoms with E-state index >= 15 is 0 Å². The minimum atomic E-state index is -1.19. The third-order valence-electron chi connectivity index (χ3n) is 7.08. The third-order valence-corrected chi connectivity index (χ3v) is 10.6. The fourth-order valence-electron chi connectivity index (χ4n) is 4.70. The Labute approximate surface area is 265 Å². The summed E-state index contributed by atoms with van der Waals surface area (Å²) in [6.07, 6.45) is 2.17. The molecule has 1 atom stereocenters. The molecule has 0 spiro atoms. The van der Waals surface area contributed by atoms with Gasteiger partial charge in [0.25, 0.3) is 5.22 Å². The quantitative estimate of drug-likeness (QED) is 0.173. The number of hydrogen-bond acceptors (Lipinski definition) is 10. The summed E-state index contributed by atoms with van der Waals surface area (Å²) in [4.78, 5) is 28.4. The van der Waals surface area contributed by atoms with E-state index in [2.05, 4.69) is 60.0 Å². The highest BCUT2D eigenvalue weighted by Gasteiger charge is 2.28. The predicted molar refractivity (Wildman–Crippen MR) is 181 cm³/mol. The molecule has 1 aliphatic rings. The lowest BCUT2D eigenvalue weighted by atomic mass is 9.90. The van der Waals surface area contributed by atoms with Gasteiger partial charge in [-0.1, -0.05) is 44.7 Å². The molecular weight excluding hydrogens is 603 g/mol. The van der Waals surface area contributed by atoms with Crippen LogP contribution in [0.3, 0.4) is 0 Å². The van der Waals surface area contributed by atoms with Gasteiger partial charge in [0.15, 0.2) is 14.6 Å². The van der Waals surface area contributed by atoms with Crippen molar-refractivity contribution in [1.29, 1.82) is 0 Å². The highest BCUT2D eigenvalue weighted by molar-refractivity contribution is 8.00. The molecule has 8 nitrogen and oxygen atoms in total. The maximum atomic E-state index is 13.3. The number of aromatic nitrogens is 2. The number of amides is 1. The lowest BCUT2D eigenvalue weighted by Crippen LogP contribution is -2.49. The highest BCUT2D eigenvalue weighted by atomic mass is 32.2. The Hall–Kier alpha value is -1.54. The predicted octanol–water partition coefficient (Wildman–Crippen LogP) is 6.11. The van der Waals surface area contributed by atoms with Crippen LogP contribution in [0.1, 0.15) is 26.5 Å². The summed E-state index contributed by atoms with van der Waals surface area (Å²) in [5, 5.41) is 4.83. The lowest BCUT2D eigenvalue weighted by molar-refractivity contribution is -0.117. The number of hydrogen-bond donors (Lipinski definition) is 1. The second-order valence-corrected chi connectivity index (χ2v) is 17.2. The minimum absolute atomic E-state index is 0.0102. The molecule has 0 bridgehead atoms. The summed E-state index contributed by atoms with van der Waals surface area (Å²) in [5.41, 5.74) is 3.55. The van der Waals surface area contributed by atoms with E-state index in [0.717, 1.165) is 81.9 Å². The Morgan fingerprint density at radius 3 is 2.50 bits per heavy atom. The Kier molecular flexibility index (Phi) is 12.3. The van der Waals surface area contributed by atoms with Crippen LogP contribution in [-0.4, -0.2) is 97.8 Å². The molecule has 3 heterocycles. The van der Waals surface area contributed by atoms with Crippen LogP contribution >= 0.6 is 35.3 Å². The van der Waals surface area contributed by atoms with Gasteiger partial charge in [0.2, 0.25) is 5.91 Å². The first-order chi connectivity index (χ1) is 20.0. The van der Waals surface area contributed by atoms with Crippen molar-refractivity contribution in [2.24, 2.45) is 5.41 Å². The number of thioether (sulfide) groups is 3. The number of aryl methyl sites for hydroxylation is 1. The topological polar surface area (TPSA) is 83.7 Å². The van der Waals surface area contributed by atoms with Gasteiger partial charge < -0.3 is 14.2 Å². The average Bonchev–Trinajstić information content (AvgIpc) is 3.35. The molecule has 1 N–H and O–H groups in total. The molecule has 1 aromatic carbocycles. The number of benzene rings is 1. The Morgan fingerprint density at radius 1 is 1.12 bits per heavy atom. The molecule has 1 aliphatic heterocycles. The zero-order valence-electron chi connectivity index (χ0n) is 25.9. The van der Waals surface area contributed by atoms with Gasteiger partial charge in [-0.15, -0.1) is 23.5 Å². The molecule has 1 unspecified atom stereocenters. The van der Waals surface area contributed by atoms with E-state index in [1.165, 1.54) is 0 Å². The molecule has 0 saturated carbocycles. The van der Waals surface area contributed by atoms with Crippen molar-refractivity contribution in [2.75, 3.05) is 62.3 Å². The van der Waals surface area contributed by atoms with E-state index in [9.17, 15) is 4.79 Å². The smallest absolute Gasteiger partial charge is 0.256 e. The van der Waals surface area contributed by atoms with Crippen LogP contribution in [0.5, 0.6) is 0 Å². The first-order valence-corrected chi connectivity index (χ1v) is 20.6. The van der Waals surface area contributed by atoms with Crippen molar-refractivity contribution < 1.29 is 13.6 Å². The number of pyridine rings is 1. The van der Waals surface area contributed by atoms with E-state index in [-0.39, 0.29) is 17.4 Å². The SMILES string of the molecule is CSc1cc(C)nc(SCC(O[SiH](C)C)C(C)(C)C)c1NC(=O)CN1CCN(CCSc2nc3ccccc3o2)CC1. The molecule has 4 rings (SSSR count). The van der Waals surface area contributed by atoms with Gasteiger partial charge in [0, 0.05) is 54.8 Å². The number of oxazole rings is 1. The van der Waals surface area contributed by atoms with Crippen LogP contribution < -0.4 is 5.32 Å². The molecule has 2 aromatic heterocycles. The molecule has 12 heteroatoms. The Bertz CT molecular complexity index is 1290. The monoisotopic (exact) mass is 647 g/mol. The Balaban J connectivity index is 1.28. The van der Waals surface area contributed by atoms with E-state index in [1.807, 2.05) is 37.4 Å². The summed E-state index contributed by atoms with van der Waals surface area (Å²) in [7, 11) is -1.19. The van der Waals surface area contributed by atoms with Crippen LogP contribution in [0.2, 0.25) is 13.1 Å². The number of fused-ring (bicyclic) bond motifs is 1. The van der Waals surface area contributed by atoms with Crippen molar-refractivity contribution in [3.05, 3.63) is 36.0 Å². The van der Waals surface area contributed by atoms with Gasteiger partial charge in [-0.2, -0.15) is 0 Å². The maximum Gasteiger partial charge on any atom is 0.256 e. The number of nitrogens with one attached hydrogen (secondary N) is 1. The number of para-hydroxylation sites is 2. The average molecular weight is 648 g/mol. The summed E-state index contributed by atoms with van der Waals surface area (Å²) < 4.78 is 12.2. The summed E-state index contributed by atoms with van der Waals surface area (Å²) in [6.45, 7) is 18.1. The fraction of sp³-hybridized carbons (Fsp3) is 0.567. The van der Waals surface area contributed by atoms with E-state index in [1.54, 1.807) is 35.3 Å². The maximum absolute atomic E-state index is 13.3. The number of rotatable bonds is 13.